The number of carbonyl (C=O) groups excluding carboxylic acids is 2. The fourth-order valence-corrected chi connectivity index (χ4v) is 4.17. The SMILES string of the molecule is Cc1ccc(-c2csc(NC(=O)C(C)N3CCN(C(=O)c4cnccn4)CC3)n2)cc1. The van der Waals surface area contributed by atoms with Gasteiger partial charge in [0.2, 0.25) is 5.91 Å². The third kappa shape index (κ3) is 4.95. The summed E-state index contributed by atoms with van der Waals surface area (Å²) in [6.45, 7) is 6.25. The molecule has 1 saturated heterocycles. The summed E-state index contributed by atoms with van der Waals surface area (Å²) >= 11 is 1.42. The molecular formula is C22H24N6O2S. The molecule has 1 aromatic carbocycles. The Hall–Kier alpha value is -3.17. The molecule has 0 aliphatic carbocycles. The first-order chi connectivity index (χ1) is 15.0. The van der Waals surface area contributed by atoms with E-state index < -0.39 is 0 Å². The lowest BCUT2D eigenvalue weighted by molar-refractivity contribution is -0.121. The fraction of sp³-hybridized carbons (Fsp3) is 0.318. The van der Waals surface area contributed by atoms with Gasteiger partial charge in [-0.3, -0.25) is 19.5 Å². The van der Waals surface area contributed by atoms with Crippen LogP contribution < -0.4 is 5.32 Å². The number of carbonyl (C=O) groups is 2. The minimum atomic E-state index is -0.319. The largest absolute Gasteiger partial charge is 0.335 e. The third-order valence-corrected chi connectivity index (χ3v) is 6.15. The Labute approximate surface area is 185 Å². The predicted molar refractivity (Wildman–Crippen MR) is 120 cm³/mol. The van der Waals surface area contributed by atoms with Gasteiger partial charge < -0.3 is 10.2 Å². The summed E-state index contributed by atoms with van der Waals surface area (Å²) in [5, 5.41) is 5.46. The van der Waals surface area contributed by atoms with E-state index in [1.807, 2.05) is 43.5 Å². The number of amides is 2. The molecule has 0 radical (unpaired) electrons. The normalized spacial score (nSPS) is 15.5. The van der Waals surface area contributed by atoms with Gasteiger partial charge in [0, 0.05) is 49.5 Å². The fourth-order valence-electron chi connectivity index (χ4n) is 3.45. The molecule has 1 fully saturated rings. The number of rotatable bonds is 5. The van der Waals surface area contributed by atoms with Crippen molar-refractivity contribution in [1.29, 1.82) is 0 Å². The average molecular weight is 437 g/mol. The number of nitrogens with zero attached hydrogens (tertiary/aromatic N) is 5. The van der Waals surface area contributed by atoms with Gasteiger partial charge in [-0.25, -0.2) is 9.97 Å². The number of hydrogen-bond donors (Lipinski definition) is 1. The Morgan fingerprint density at radius 2 is 1.84 bits per heavy atom. The van der Waals surface area contributed by atoms with Crippen molar-refractivity contribution in [3.8, 4) is 11.3 Å². The van der Waals surface area contributed by atoms with Crippen LogP contribution in [0, 0.1) is 6.92 Å². The van der Waals surface area contributed by atoms with E-state index in [1.165, 1.54) is 29.3 Å². The summed E-state index contributed by atoms with van der Waals surface area (Å²) in [5.74, 6) is -0.227. The molecule has 1 aliphatic heterocycles. The molecule has 1 unspecified atom stereocenters. The van der Waals surface area contributed by atoms with Crippen molar-refractivity contribution < 1.29 is 9.59 Å². The van der Waals surface area contributed by atoms with Gasteiger partial charge in [0.05, 0.1) is 17.9 Å². The van der Waals surface area contributed by atoms with Gasteiger partial charge in [-0.15, -0.1) is 11.3 Å². The summed E-state index contributed by atoms with van der Waals surface area (Å²) < 4.78 is 0. The first kappa shape index (κ1) is 21.1. The molecule has 2 aromatic heterocycles. The first-order valence-corrected chi connectivity index (χ1v) is 11.0. The van der Waals surface area contributed by atoms with Crippen molar-refractivity contribution in [3.63, 3.8) is 0 Å². The van der Waals surface area contributed by atoms with E-state index in [4.69, 9.17) is 0 Å². The quantitative estimate of drug-likeness (QED) is 0.661. The molecule has 3 aromatic rings. The molecule has 8 nitrogen and oxygen atoms in total. The second-order valence-electron chi connectivity index (χ2n) is 7.49. The van der Waals surface area contributed by atoms with Crippen LogP contribution in [0.2, 0.25) is 0 Å². The monoisotopic (exact) mass is 436 g/mol. The number of nitrogens with one attached hydrogen (secondary N) is 1. The minimum absolute atomic E-state index is 0.0986. The lowest BCUT2D eigenvalue weighted by Crippen LogP contribution is -2.54. The van der Waals surface area contributed by atoms with Crippen LogP contribution in [0.5, 0.6) is 0 Å². The zero-order valence-corrected chi connectivity index (χ0v) is 18.3. The molecule has 0 bridgehead atoms. The van der Waals surface area contributed by atoms with Crippen LogP contribution in [-0.2, 0) is 4.79 Å². The number of thiazole rings is 1. The molecule has 0 saturated carbocycles. The number of aryl methyl sites for hydroxylation is 1. The number of benzene rings is 1. The number of anilines is 1. The van der Waals surface area contributed by atoms with E-state index >= 15 is 0 Å². The van der Waals surface area contributed by atoms with Crippen LogP contribution in [0.15, 0.2) is 48.2 Å². The highest BCUT2D eigenvalue weighted by atomic mass is 32.1. The molecule has 3 heterocycles. The van der Waals surface area contributed by atoms with Crippen molar-refractivity contribution in [3.05, 3.63) is 59.5 Å². The smallest absolute Gasteiger partial charge is 0.274 e. The highest BCUT2D eigenvalue weighted by molar-refractivity contribution is 7.14. The van der Waals surface area contributed by atoms with Crippen LogP contribution in [0.4, 0.5) is 5.13 Å². The van der Waals surface area contributed by atoms with E-state index in [-0.39, 0.29) is 17.9 Å². The zero-order chi connectivity index (χ0) is 21.8. The Morgan fingerprint density at radius 1 is 1.10 bits per heavy atom. The standard InChI is InChI=1S/C22H24N6O2S/c1-15-3-5-17(6-4-15)19-14-31-22(25-19)26-20(29)16(2)27-9-11-28(12-10-27)21(30)18-13-23-7-8-24-18/h3-8,13-14,16H,9-12H2,1-2H3,(H,25,26,29). The summed E-state index contributed by atoms with van der Waals surface area (Å²) in [5.41, 5.74) is 3.41. The molecule has 4 rings (SSSR count). The maximum absolute atomic E-state index is 12.8. The molecule has 31 heavy (non-hydrogen) atoms. The summed E-state index contributed by atoms with van der Waals surface area (Å²) in [4.78, 5) is 41.7. The second kappa shape index (κ2) is 9.32. The van der Waals surface area contributed by atoms with Gasteiger partial charge in [0.25, 0.3) is 5.91 Å². The van der Waals surface area contributed by atoms with Gasteiger partial charge in [0.1, 0.15) is 5.69 Å². The van der Waals surface area contributed by atoms with Gasteiger partial charge in [-0.2, -0.15) is 0 Å². The van der Waals surface area contributed by atoms with Crippen molar-refractivity contribution in [1.82, 2.24) is 24.8 Å². The molecule has 1 aliphatic rings. The average Bonchev–Trinajstić information content (AvgIpc) is 3.27. The topological polar surface area (TPSA) is 91.3 Å². The first-order valence-electron chi connectivity index (χ1n) is 10.1. The lowest BCUT2D eigenvalue weighted by atomic mass is 10.1. The van der Waals surface area contributed by atoms with Crippen LogP contribution in [-0.4, -0.2) is 68.8 Å². The minimum Gasteiger partial charge on any atom is -0.335 e. The Morgan fingerprint density at radius 3 is 2.52 bits per heavy atom. The van der Waals surface area contributed by atoms with Crippen LogP contribution >= 0.6 is 11.3 Å². The zero-order valence-electron chi connectivity index (χ0n) is 17.5. The molecule has 1 N–H and O–H groups in total. The number of hydrogen-bond acceptors (Lipinski definition) is 7. The van der Waals surface area contributed by atoms with Crippen molar-refractivity contribution in [2.24, 2.45) is 0 Å². The highest BCUT2D eigenvalue weighted by Crippen LogP contribution is 2.25. The van der Waals surface area contributed by atoms with Crippen molar-refractivity contribution >= 4 is 28.3 Å². The second-order valence-corrected chi connectivity index (χ2v) is 8.35. The Balaban J connectivity index is 1.31. The third-order valence-electron chi connectivity index (χ3n) is 5.39. The van der Waals surface area contributed by atoms with Crippen LogP contribution in [0.25, 0.3) is 11.3 Å². The van der Waals surface area contributed by atoms with E-state index in [2.05, 4.69) is 25.2 Å². The lowest BCUT2D eigenvalue weighted by Gasteiger charge is -2.37. The molecular weight excluding hydrogens is 412 g/mol. The Bertz CT molecular complexity index is 1050. The number of aromatic nitrogens is 3. The summed E-state index contributed by atoms with van der Waals surface area (Å²) in [6, 6.07) is 7.83. The molecule has 2 amide bonds. The maximum atomic E-state index is 12.8. The van der Waals surface area contributed by atoms with E-state index in [9.17, 15) is 9.59 Å². The molecule has 160 valence electrons. The summed E-state index contributed by atoms with van der Waals surface area (Å²) in [7, 11) is 0. The van der Waals surface area contributed by atoms with E-state index in [1.54, 1.807) is 11.1 Å². The summed E-state index contributed by atoms with van der Waals surface area (Å²) in [6.07, 6.45) is 4.53. The van der Waals surface area contributed by atoms with Crippen molar-refractivity contribution in [2.45, 2.75) is 19.9 Å². The van der Waals surface area contributed by atoms with Crippen LogP contribution in [0.1, 0.15) is 23.0 Å². The van der Waals surface area contributed by atoms with Gasteiger partial charge in [0.15, 0.2) is 5.13 Å². The van der Waals surface area contributed by atoms with Gasteiger partial charge in [-0.05, 0) is 13.8 Å². The van der Waals surface area contributed by atoms with E-state index in [0.29, 0.717) is 37.0 Å². The van der Waals surface area contributed by atoms with E-state index in [0.717, 1.165) is 11.3 Å². The highest BCUT2D eigenvalue weighted by Gasteiger charge is 2.28. The van der Waals surface area contributed by atoms with Gasteiger partial charge >= 0.3 is 0 Å². The molecule has 1 atom stereocenters. The Kier molecular flexibility index (Phi) is 6.34. The van der Waals surface area contributed by atoms with Crippen molar-refractivity contribution in [2.75, 3.05) is 31.5 Å². The predicted octanol–water partition coefficient (Wildman–Crippen LogP) is 2.69. The molecule has 9 heteroatoms. The number of piperazine rings is 1. The maximum Gasteiger partial charge on any atom is 0.274 e. The van der Waals surface area contributed by atoms with Gasteiger partial charge in [-0.1, -0.05) is 29.8 Å². The van der Waals surface area contributed by atoms with Crippen LogP contribution in [0.3, 0.4) is 0 Å². The molecule has 0 spiro atoms.